The van der Waals surface area contributed by atoms with Crippen LogP contribution in [0.1, 0.15) is 20.3 Å². The molecule has 0 radical (unpaired) electrons. The molecule has 0 atom stereocenters. The standard InChI is InChI=1S/C10H16N2O4/c1-3-15-9(13)5-7-12(8-6-11)10(14)16-4-2/h3-5,7-8H2,1-2H3. The average molecular weight is 228 g/mol. The summed E-state index contributed by atoms with van der Waals surface area (Å²) in [6.45, 7) is 3.95. The molecule has 0 aliphatic rings. The second-order valence-corrected chi connectivity index (χ2v) is 2.83. The normalized spacial score (nSPS) is 9.06. The predicted octanol–water partition coefficient (Wildman–Crippen LogP) is 0.922. The molecular formula is C10H16N2O4. The lowest BCUT2D eigenvalue weighted by Crippen LogP contribution is -2.34. The fraction of sp³-hybridized carbons (Fsp3) is 0.700. The fourth-order valence-corrected chi connectivity index (χ4v) is 0.994. The third kappa shape index (κ3) is 5.86. The van der Waals surface area contributed by atoms with Gasteiger partial charge in [-0.1, -0.05) is 0 Å². The van der Waals surface area contributed by atoms with Crippen molar-refractivity contribution in [2.75, 3.05) is 26.3 Å². The van der Waals surface area contributed by atoms with Crippen LogP contribution < -0.4 is 0 Å². The van der Waals surface area contributed by atoms with Crippen molar-refractivity contribution in [1.82, 2.24) is 4.90 Å². The molecule has 0 bridgehead atoms. The third-order valence-electron chi connectivity index (χ3n) is 1.68. The Morgan fingerprint density at radius 3 is 2.38 bits per heavy atom. The van der Waals surface area contributed by atoms with Crippen LogP contribution in [-0.2, 0) is 14.3 Å². The molecule has 0 aliphatic carbocycles. The molecule has 0 fully saturated rings. The summed E-state index contributed by atoms with van der Waals surface area (Å²) in [7, 11) is 0. The minimum atomic E-state index is -0.589. The van der Waals surface area contributed by atoms with Gasteiger partial charge in [-0.3, -0.25) is 9.69 Å². The van der Waals surface area contributed by atoms with Gasteiger partial charge in [-0.15, -0.1) is 0 Å². The quantitative estimate of drug-likeness (QED) is 0.499. The molecule has 0 rings (SSSR count). The van der Waals surface area contributed by atoms with Gasteiger partial charge in [0.25, 0.3) is 0 Å². The van der Waals surface area contributed by atoms with Crippen molar-refractivity contribution >= 4 is 12.1 Å². The minimum absolute atomic E-state index is 0.0638. The maximum atomic E-state index is 11.3. The summed E-state index contributed by atoms with van der Waals surface area (Å²) >= 11 is 0. The monoisotopic (exact) mass is 228 g/mol. The van der Waals surface area contributed by atoms with Gasteiger partial charge >= 0.3 is 12.1 Å². The molecular weight excluding hydrogens is 212 g/mol. The number of hydrogen-bond acceptors (Lipinski definition) is 5. The summed E-state index contributed by atoms with van der Waals surface area (Å²) in [5.41, 5.74) is 0. The zero-order valence-electron chi connectivity index (χ0n) is 9.56. The van der Waals surface area contributed by atoms with E-state index in [0.717, 1.165) is 0 Å². The predicted molar refractivity (Wildman–Crippen MR) is 55.5 cm³/mol. The van der Waals surface area contributed by atoms with Crippen molar-refractivity contribution in [3.63, 3.8) is 0 Å². The Labute approximate surface area is 94.7 Å². The Morgan fingerprint density at radius 1 is 1.25 bits per heavy atom. The van der Waals surface area contributed by atoms with Crippen molar-refractivity contribution in [3.05, 3.63) is 0 Å². The van der Waals surface area contributed by atoms with Gasteiger partial charge in [-0.25, -0.2) is 4.79 Å². The van der Waals surface area contributed by atoms with Gasteiger partial charge in [0.2, 0.25) is 0 Å². The van der Waals surface area contributed by atoms with Crippen molar-refractivity contribution in [3.8, 4) is 6.07 Å². The summed E-state index contributed by atoms with van der Waals surface area (Å²) < 4.78 is 9.44. The van der Waals surface area contributed by atoms with Crippen LogP contribution in [0.3, 0.4) is 0 Å². The van der Waals surface area contributed by atoms with E-state index in [-0.39, 0.29) is 26.1 Å². The molecule has 0 saturated heterocycles. The van der Waals surface area contributed by atoms with Crippen molar-refractivity contribution in [1.29, 1.82) is 5.26 Å². The van der Waals surface area contributed by atoms with Crippen LogP contribution in [0.4, 0.5) is 4.79 Å². The molecule has 6 heteroatoms. The number of ether oxygens (including phenoxy) is 2. The van der Waals surface area contributed by atoms with E-state index in [1.54, 1.807) is 13.8 Å². The molecule has 0 unspecified atom stereocenters. The molecule has 0 heterocycles. The number of hydrogen-bond donors (Lipinski definition) is 0. The Hall–Kier alpha value is -1.77. The largest absolute Gasteiger partial charge is 0.466 e. The third-order valence-corrected chi connectivity index (χ3v) is 1.68. The van der Waals surface area contributed by atoms with Crippen molar-refractivity contribution < 1.29 is 19.1 Å². The Morgan fingerprint density at radius 2 is 1.88 bits per heavy atom. The van der Waals surface area contributed by atoms with E-state index in [2.05, 4.69) is 0 Å². The second kappa shape index (κ2) is 8.53. The van der Waals surface area contributed by atoms with Gasteiger partial charge in [-0.05, 0) is 13.8 Å². The van der Waals surface area contributed by atoms with Gasteiger partial charge in [0, 0.05) is 6.54 Å². The molecule has 6 nitrogen and oxygen atoms in total. The molecule has 0 aliphatic heterocycles. The lowest BCUT2D eigenvalue weighted by Gasteiger charge is -2.17. The average Bonchev–Trinajstić information content (AvgIpc) is 2.24. The van der Waals surface area contributed by atoms with Crippen LogP contribution >= 0.6 is 0 Å². The molecule has 0 aromatic rings. The Balaban J connectivity index is 4.08. The van der Waals surface area contributed by atoms with E-state index in [1.165, 1.54) is 4.90 Å². The molecule has 90 valence electrons. The number of nitriles is 1. The van der Waals surface area contributed by atoms with E-state index in [0.29, 0.717) is 6.61 Å². The van der Waals surface area contributed by atoms with E-state index in [1.807, 2.05) is 6.07 Å². The molecule has 1 amide bonds. The molecule has 0 saturated carbocycles. The summed E-state index contributed by atoms with van der Waals surface area (Å²) in [6.07, 6.45) is -0.526. The minimum Gasteiger partial charge on any atom is -0.466 e. The van der Waals surface area contributed by atoms with Crippen LogP contribution in [0, 0.1) is 11.3 Å². The van der Waals surface area contributed by atoms with Crippen molar-refractivity contribution in [2.45, 2.75) is 20.3 Å². The number of nitrogens with zero attached hydrogens (tertiary/aromatic N) is 2. The molecule has 0 aromatic heterocycles. The van der Waals surface area contributed by atoms with Crippen LogP contribution in [0.2, 0.25) is 0 Å². The van der Waals surface area contributed by atoms with Gasteiger partial charge in [0.1, 0.15) is 6.54 Å². The number of esters is 1. The lowest BCUT2D eigenvalue weighted by molar-refractivity contribution is -0.143. The zero-order chi connectivity index (χ0) is 12.4. The van der Waals surface area contributed by atoms with Crippen LogP contribution in [0.15, 0.2) is 0 Å². The number of carbonyl (C=O) groups is 2. The second-order valence-electron chi connectivity index (χ2n) is 2.83. The van der Waals surface area contributed by atoms with E-state index in [4.69, 9.17) is 14.7 Å². The molecule has 0 N–H and O–H groups in total. The summed E-state index contributed by atoms with van der Waals surface area (Å²) in [6, 6.07) is 1.84. The maximum Gasteiger partial charge on any atom is 0.410 e. The maximum absolute atomic E-state index is 11.3. The van der Waals surface area contributed by atoms with Crippen LogP contribution in [0.25, 0.3) is 0 Å². The molecule has 16 heavy (non-hydrogen) atoms. The highest BCUT2D eigenvalue weighted by Crippen LogP contribution is 1.97. The highest BCUT2D eigenvalue weighted by molar-refractivity contribution is 5.72. The number of rotatable bonds is 6. The zero-order valence-corrected chi connectivity index (χ0v) is 9.56. The van der Waals surface area contributed by atoms with E-state index >= 15 is 0 Å². The Bertz CT molecular complexity index is 272. The van der Waals surface area contributed by atoms with E-state index < -0.39 is 12.1 Å². The van der Waals surface area contributed by atoms with E-state index in [9.17, 15) is 9.59 Å². The van der Waals surface area contributed by atoms with Gasteiger partial charge in [-0.2, -0.15) is 5.26 Å². The summed E-state index contributed by atoms with van der Waals surface area (Å²) in [5.74, 6) is -0.394. The summed E-state index contributed by atoms with van der Waals surface area (Å²) in [4.78, 5) is 23.5. The highest BCUT2D eigenvalue weighted by atomic mass is 16.6. The molecule has 0 spiro atoms. The van der Waals surface area contributed by atoms with Gasteiger partial charge in [0.05, 0.1) is 25.7 Å². The fourth-order valence-electron chi connectivity index (χ4n) is 0.994. The van der Waals surface area contributed by atoms with Crippen LogP contribution in [-0.4, -0.2) is 43.3 Å². The van der Waals surface area contributed by atoms with Crippen molar-refractivity contribution in [2.24, 2.45) is 0 Å². The SMILES string of the molecule is CCOC(=O)CCN(CC#N)C(=O)OCC. The first-order chi connectivity index (χ1) is 7.65. The first-order valence-electron chi connectivity index (χ1n) is 5.09. The lowest BCUT2D eigenvalue weighted by atomic mass is 10.4. The first-order valence-corrected chi connectivity index (χ1v) is 5.09. The number of amides is 1. The smallest absolute Gasteiger partial charge is 0.410 e. The highest BCUT2D eigenvalue weighted by Gasteiger charge is 2.15. The number of carbonyl (C=O) groups excluding carboxylic acids is 2. The van der Waals surface area contributed by atoms with Gasteiger partial charge < -0.3 is 9.47 Å². The Kier molecular flexibility index (Phi) is 7.59. The first kappa shape index (κ1) is 14.2. The van der Waals surface area contributed by atoms with Gasteiger partial charge in [0.15, 0.2) is 0 Å². The van der Waals surface area contributed by atoms with Crippen LogP contribution in [0.5, 0.6) is 0 Å². The summed E-state index contributed by atoms with van der Waals surface area (Å²) in [5, 5.41) is 8.51. The topological polar surface area (TPSA) is 79.6 Å². The molecule has 0 aromatic carbocycles.